The van der Waals surface area contributed by atoms with E-state index in [1.807, 2.05) is 49.6 Å². The average Bonchev–Trinajstić information content (AvgIpc) is 2.95. The topological polar surface area (TPSA) is 34.9 Å². The maximum atomic E-state index is 12.8. The van der Waals surface area contributed by atoms with E-state index in [0.717, 1.165) is 23.2 Å². The van der Waals surface area contributed by atoms with Crippen molar-refractivity contribution in [3.63, 3.8) is 0 Å². The van der Waals surface area contributed by atoms with Crippen LogP contribution in [0, 0.1) is 6.92 Å². The molecule has 0 aliphatic heterocycles. The molecule has 0 saturated carbocycles. The van der Waals surface area contributed by atoms with Crippen LogP contribution in [-0.4, -0.2) is 9.55 Å². The Morgan fingerprint density at radius 1 is 1.38 bits per heavy atom. The fourth-order valence-corrected chi connectivity index (χ4v) is 3.24. The SMILES string of the molecule is CCC(Cl)c1nc2ccsc2c(=O)n1-c1cccc(C)c1. The van der Waals surface area contributed by atoms with Gasteiger partial charge in [0.15, 0.2) is 0 Å². The molecule has 21 heavy (non-hydrogen) atoms. The van der Waals surface area contributed by atoms with Crippen LogP contribution in [0.3, 0.4) is 0 Å². The molecule has 0 fully saturated rings. The minimum Gasteiger partial charge on any atom is -0.267 e. The van der Waals surface area contributed by atoms with Crippen LogP contribution in [0.2, 0.25) is 0 Å². The third-order valence-electron chi connectivity index (χ3n) is 3.40. The number of halogens is 1. The highest BCUT2D eigenvalue weighted by atomic mass is 35.5. The zero-order valence-electron chi connectivity index (χ0n) is 11.8. The first-order chi connectivity index (χ1) is 10.1. The van der Waals surface area contributed by atoms with Crippen LogP contribution in [0.25, 0.3) is 15.9 Å². The molecule has 3 rings (SSSR count). The number of nitrogens with zero attached hydrogens (tertiary/aromatic N) is 2. The molecular weight excluding hydrogens is 304 g/mol. The van der Waals surface area contributed by atoms with Gasteiger partial charge in [-0.3, -0.25) is 9.36 Å². The smallest absolute Gasteiger partial charge is 0.267 e. The van der Waals surface area contributed by atoms with Gasteiger partial charge in [-0.05, 0) is 42.5 Å². The minimum atomic E-state index is -0.289. The van der Waals surface area contributed by atoms with Gasteiger partial charge in [-0.15, -0.1) is 22.9 Å². The van der Waals surface area contributed by atoms with Crippen molar-refractivity contribution in [3.8, 4) is 5.69 Å². The molecule has 3 nitrogen and oxygen atoms in total. The largest absolute Gasteiger partial charge is 0.276 e. The molecule has 1 atom stereocenters. The molecule has 0 bridgehead atoms. The van der Waals surface area contributed by atoms with Gasteiger partial charge >= 0.3 is 0 Å². The van der Waals surface area contributed by atoms with E-state index in [-0.39, 0.29) is 10.9 Å². The highest BCUT2D eigenvalue weighted by Gasteiger charge is 2.18. The quantitative estimate of drug-likeness (QED) is 0.669. The van der Waals surface area contributed by atoms with Crippen LogP contribution in [0.4, 0.5) is 0 Å². The number of fused-ring (bicyclic) bond motifs is 1. The molecule has 0 aliphatic carbocycles. The molecule has 2 aromatic heterocycles. The third-order valence-corrected chi connectivity index (χ3v) is 4.80. The summed E-state index contributed by atoms with van der Waals surface area (Å²) in [5.74, 6) is 0.612. The van der Waals surface area contributed by atoms with E-state index in [2.05, 4.69) is 4.98 Å². The summed E-state index contributed by atoms with van der Waals surface area (Å²) in [6, 6.07) is 9.70. The van der Waals surface area contributed by atoms with Crippen molar-refractivity contribution < 1.29 is 0 Å². The van der Waals surface area contributed by atoms with Gasteiger partial charge in [0.05, 0.1) is 16.6 Å². The molecule has 0 saturated heterocycles. The van der Waals surface area contributed by atoms with Gasteiger partial charge in [-0.1, -0.05) is 19.1 Å². The second-order valence-electron chi connectivity index (χ2n) is 4.96. The van der Waals surface area contributed by atoms with Crippen LogP contribution in [0.1, 0.15) is 30.1 Å². The maximum absolute atomic E-state index is 12.8. The lowest BCUT2D eigenvalue weighted by Gasteiger charge is -2.15. The van der Waals surface area contributed by atoms with Gasteiger partial charge in [-0.2, -0.15) is 0 Å². The van der Waals surface area contributed by atoms with Gasteiger partial charge in [0, 0.05) is 0 Å². The second kappa shape index (κ2) is 5.62. The molecule has 0 N–H and O–H groups in total. The van der Waals surface area contributed by atoms with Crippen molar-refractivity contribution in [3.05, 3.63) is 57.5 Å². The van der Waals surface area contributed by atoms with Gasteiger partial charge in [0.25, 0.3) is 5.56 Å². The van der Waals surface area contributed by atoms with E-state index in [0.29, 0.717) is 10.5 Å². The van der Waals surface area contributed by atoms with Crippen molar-refractivity contribution in [2.24, 2.45) is 0 Å². The summed E-state index contributed by atoms with van der Waals surface area (Å²) >= 11 is 7.82. The average molecular weight is 319 g/mol. The van der Waals surface area contributed by atoms with E-state index >= 15 is 0 Å². The Morgan fingerprint density at radius 2 is 2.19 bits per heavy atom. The van der Waals surface area contributed by atoms with Crippen LogP contribution in [0.15, 0.2) is 40.5 Å². The van der Waals surface area contributed by atoms with Gasteiger partial charge in [0.1, 0.15) is 10.5 Å². The lowest BCUT2D eigenvalue weighted by Crippen LogP contribution is -2.24. The number of aromatic nitrogens is 2. The first-order valence-electron chi connectivity index (χ1n) is 6.83. The summed E-state index contributed by atoms with van der Waals surface area (Å²) in [7, 11) is 0. The molecule has 1 unspecified atom stereocenters. The van der Waals surface area contributed by atoms with Gasteiger partial charge < -0.3 is 0 Å². The lowest BCUT2D eigenvalue weighted by molar-refractivity contribution is 0.752. The van der Waals surface area contributed by atoms with E-state index < -0.39 is 0 Å². The molecule has 0 radical (unpaired) electrons. The van der Waals surface area contributed by atoms with Crippen molar-refractivity contribution >= 4 is 33.2 Å². The third kappa shape index (κ3) is 2.49. The molecule has 5 heteroatoms. The normalized spacial score (nSPS) is 12.7. The highest BCUT2D eigenvalue weighted by molar-refractivity contribution is 7.17. The number of thiophene rings is 1. The zero-order chi connectivity index (χ0) is 15.0. The molecule has 0 amide bonds. The van der Waals surface area contributed by atoms with Crippen LogP contribution in [-0.2, 0) is 0 Å². The summed E-state index contributed by atoms with van der Waals surface area (Å²) in [5, 5.41) is 1.60. The highest BCUT2D eigenvalue weighted by Crippen LogP contribution is 2.26. The standard InChI is InChI=1S/C16H15ClN2OS/c1-3-12(17)15-18-13-7-8-21-14(13)16(20)19(15)11-6-4-5-10(2)9-11/h4-9,12H,3H2,1-2H3. The lowest BCUT2D eigenvalue weighted by atomic mass is 10.2. The van der Waals surface area contributed by atoms with Crippen molar-refractivity contribution in [1.82, 2.24) is 9.55 Å². The second-order valence-corrected chi connectivity index (χ2v) is 6.40. The maximum Gasteiger partial charge on any atom is 0.276 e. The molecular formula is C16H15ClN2OS. The molecule has 3 aromatic rings. The van der Waals surface area contributed by atoms with Gasteiger partial charge in [-0.25, -0.2) is 4.98 Å². The summed E-state index contributed by atoms with van der Waals surface area (Å²) in [6.45, 7) is 3.99. The van der Waals surface area contributed by atoms with E-state index in [1.165, 1.54) is 11.3 Å². The fraction of sp³-hybridized carbons (Fsp3) is 0.250. The minimum absolute atomic E-state index is 0.0466. The first kappa shape index (κ1) is 14.3. The Kier molecular flexibility index (Phi) is 3.83. The van der Waals surface area contributed by atoms with E-state index in [1.54, 1.807) is 4.57 Å². The molecule has 0 aliphatic rings. The monoisotopic (exact) mass is 318 g/mol. The van der Waals surface area contributed by atoms with Crippen LogP contribution in [0.5, 0.6) is 0 Å². The van der Waals surface area contributed by atoms with Crippen LogP contribution >= 0.6 is 22.9 Å². The zero-order valence-corrected chi connectivity index (χ0v) is 13.4. The number of hydrogen-bond donors (Lipinski definition) is 0. The molecule has 1 aromatic carbocycles. The van der Waals surface area contributed by atoms with Crippen molar-refractivity contribution in [2.45, 2.75) is 25.6 Å². The number of rotatable bonds is 3. The predicted molar refractivity (Wildman–Crippen MR) is 88.8 cm³/mol. The van der Waals surface area contributed by atoms with Crippen LogP contribution < -0.4 is 5.56 Å². The number of aryl methyl sites for hydroxylation is 1. The fourth-order valence-electron chi connectivity index (χ4n) is 2.34. The molecule has 108 valence electrons. The number of hydrogen-bond acceptors (Lipinski definition) is 3. The summed E-state index contributed by atoms with van der Waals surface area (Å²) in [4.78, 5) is 17.4. The summed E-state index contributed by atoms with van der Waals surface area (Å²) in [5.41, 5.74) is 2.59. The molecule has 0 spiro atoms. The number of alkyl halides is 1. The van der Waals surface area contributed by atoms with Gasteiger partial charge in [0.2, 0.25) is 0 Å². The Morgan fingerprint density at radius 3 is 2.90 bits per heavy atom. The summed E-state index contributed by atoms with van der Waals surface area (Å²) in [6.07, 6.45) is 0.718. The van der Waals surface area contributed by atoms with Crippen molar-refractivity contribution in [2.75, 3.05) is 0 Å². The van der Waals surface area contributed by atoms with E-state index in [9.17, 15) is 4.79 Å². The number of benzene rings is 1. The Hall–Kier alpha value is -1.65. The predicted octanol–water partition coefficient (Wildman–Crippen LogP) is 4.45. The first-order valence-corrected chi connectivity index (χ1v) is 8.14. The molecule has 2 heterocycles. The Labute approximate surface area is 131 Å². The Bertz CT molecular complexity index is 853. The summed E-state index contributed by atoms with van der Waals surface area (Å²) < 4.78 is 2.31. The Balaban J connectivity index is 2.38. The van der Waals surface area contributed by atoms with Crippen molar-refractivity contribution in [1.29, 1.82) is 0 Å². The van der Waals surface area contributed by atoms with E-state index in [4.69, 9.17) is 11.6 Å².